The molecule has 0 spiro atoms. The number of anilines is 1. The predicted octanol–water partition coefficient (Wildman–Crippen LogP) is 3.10. The molecular formula is C19H20N6. The second-order valence-corrected chi connectivity index (χ2v) is 5.92. The second kappa shape index (κ2) is 6.86. The first kappa shape index (κ1) is 15.5. The largest absolute Gasteiger partial charge is 0.367 e. The first-order valence-electron chi connectivity index (χ1n) is 8.52. The highest BCUT2D eigenvalue weighted by Gasteiger charge is 2.15. The van der Waals surface area contributed by atoms with Gasteiger partial charge in [-0.1, -0.05) is 42.5 Å². The summed E-state index contributed by atoms with van der Waals surface area (Å²) in [6.45, 7) is 1.51. The van der Waals surface area contributed by atoms with Gasteiger partial charge < -0.3 is 11.1 Å². The summed E-state index contributed by atoms with van der Waals surface area (Å²) in [6, 6.07) is 18.1. The summed E-state index contributed by atoms with van der Waals surface area (Å²) in [5.41, 5.74) is 9.24. The van der Waals surface area contributed by atoms with E-state index in [1.165, 1.54) is 0 Å². The molecule has 4 aromatic rings. The number of hydrogen-bond acceptors (Lipinski definition) is 5. The van der Waals surface area contributed by atoms with Gasteiger partial charge in [0, 0.05) is 12.1 Å². The van der Waals surface area contributed by atoms with Crippen LogP contribution < -0.4 is 11.1 Å². The Morgan fingerprint density at radius 2 is 1.72 bits per heavy atom. The highest BCUT2D eigenvalue weighted by Crippen LogP contribution is 2.26. The van der Waals surface area contributed by atoms with Crippen molar-refractivity contribution >= 4 is 22.5 Å². The lowest BCUT2D eigenvalue weighted by molar-refractivity contribution is 0.772. The number of para-hydroxylation sites is 2. The molecule has 0 unspecified atom stereocenters. The van der Waals surface area contributed by atoms with Gasteiger partial charge in [0.15, 0.2) is 11.6 Å². The first-order chi connectivity index (χ1) is 12.4. The van der Waals surface area contributed by atoms with Crippen molar-refractivity contribution in [3.63, 3.8) is 0 Å². The van der Waals surface area contributed by atoms with E-state index in [0.717, 1.165) is 53.3 Å². The molecule has 3 N–H and O–H groups in total. The van der Waals surface area contributed by atoms with E-state index < -0.39 is 0 Å². The lowest BCUT2D eigenvalue weighted by Crippen LogP contribution is -2.08. The molecule has 6 heteroatoms. The molecule has 4 rings (SSSR count). The molecule has 2 aromatic heterocycles. The predicted molar refractivity (Wildman–Crippen MR) is 101 cm³/mol. The maximum Gasteiger partial charge on any atom is 0.204 e. The number of nitrogens with zero attached hydrogens (tertiary/aromatic N) is 4. The molecule has 6 nitrogen and oxygen atoms in total. The first-order valence-corrected chi connectivity index (χ1v) is 8.52. The maximum atomic E-state index is 5.57. The van der Waals surface area contributed by atoms with Crippen molar-refractivity contribution in [1.82, 2.24) is 19.6 Å². The number of benzene rings is 2. The van der Waals surface area contributed by atoms with Gasteiger partial charge in [0.05, 0.1) is 11.0 Å². The minimum Gasteiger partial charge on any atom is -0.367 e. The molecule has 0 aliphatic carbocycles. The van der Waals surface area contributed by atoms with Gasteiger partial charge in [0.2, 0.25) is 5.65 Å². The molecule has 0 aliphatic rings. The quantitative estimate of drug-likeness (QED) is 0.530. The summed E-state index contributed by atoms with van der Waals surface area (Å²) >= 11 is 0. The van der Waals surface area contributed by atoms with Crippen molar-refractivity contribution in [2.45, 2.75) is 12.8 Å². The molecule has 0 radical (unpaired) electrons. The standard InChI is InChI=1S/C19H20N6/c20-12-6-7-13-21-17-19-24-23-18(14-8-2-1-3-9-14)25(19)16-11-5-4-10-15(16)22-17/h1-5,8-11H,6-7,12-13,20H2,(H,21,22). The normalized spacial score (nSPS) is 11.2. The molecule has 126 valence electrons. The van der Waals surface area contributed by atoms with E-state index >= 15 is 0 Å². The van der Waals surface area contributed by atoms with Crippen LogP contribution in [-0.2, 0) is 0 Å². The Morgan fingerprint density at radius 3 is 2.56 bits per heavy atom. The third-order valence-corrected chi connectivity index (χ3v) is 4.19. The molecule has 2 heterocycles. The van der Waals surface area contributed by atoms with E-state index in [9.17, 15) is 0 Å². The van der Waals surface area contributed by atoms with E-state index in [1.807, 2.05) is 54.6 Å². The summed E-state index contributed by atoms with van der Waals surface area (Å²) in [5, 5.41) is 12.2. The van der Waals surface area contributed by atoms with E-state index in [-0.39, 0.29) is 0 Å². The van der Waals surface area contributed by atoms with Crippen molar-refractivity contribution in [2.75, 3.05) is 18.4 Å². The zero-order chi connectivity index (χ0) is 17.1. The lowest BCUT2D eigenvalue weighted by Gasteiger charge is -2.10. The molecule has 0 saturated carbocycles. The lowest BCUT2D eigenvalue weighted by atomic mass is 10.2. The van der Waals surface area contributed by atoms with E-state index in [2.05, 4.69) is 19.9 Å². The van der Waals surface area contributed by atoms with E-state index in [0.29, 0.717) is 6.54 Å². The van der Waals surface area contributed by atoms with Gasteiger partial charge in [0.25, 0.3) is 0 Å². The summed E-state index contributed by atoms with van der Waals surface area (Å²) in [6.07, 6.45) is 1.98. The van der Waals surface area contributed by atoms with Gasteiger partial charge in [-0.2, -0.15) is 0 Å². The average molecular weight is 332 g/mol. The third kappa shape index (κ3) is 2.92. The summed E-state index contributed by atoms with van der Waals surface area (Å²) in [5.74, 6) is 1.57. The number of rotatable bonds is 6. The van der Waals surface area contributed by atoms with Gasteiger partial charge in [-0.3, -0.25) is 4.40 Å². The van der Waals surface area contributed by atoms with Gasteiger partial charge in [0.1, 0.15) is 0 Å². The van der Waals surface area contributed by atoms with Gasteiger partial charge in [-0.25, -0.2) is 4.98 Å². The van der Waals surface area contributed by atoms with Gasteiger partial charge in [-0.15, -0.1) is 10.2 Å². The molecule has 0 aliphatic heterocycles. The molecule has 2 aromatic carbocycles. The van der Waals surface area contributed by atoms with Crippen LogP contribution >= 0.6 is 0 Å². The molecule has 0 atom stereocenters. The smallest absolute Gasteiger partial charge is 0.204 e. The minimum absolute atomic E-state index is 0.700. The SMILES string of the molecule is NCCCCNc1nc2ccccc2n2c(-c3ccccc3)nnc12. The molecule has 0 amide bonds. The zero-order valence-electron chi connectivity index (χ0n) is 13.9. The number of nitrogens with two attached hydrogens (primary N) is 1. The monoisotopic (exact) mass is 332 g/mol. The highest BCUT2D eigenvalue weighted by atomic mass is 15.3. The number of fused-ring (bicyclic) bond motifs is 3. The Balaban J connectivity index is 1.88. The van der Waals surface area contributed by atoms with Crippen molar-refractivity contribution in [1.29, 1.82) is 0 Å². The number of nitrogens with one attached hydrogen (secondary N) is 1. The molecule has 25 heavy (non-hydrogen) atoms. The maximum absolute atomic E-state index is 5.57. The summed E-state index contributed by atoms with van der Waals surface area (Å²) in [7, 11) is 0. The van der Waals surface area contributed by atoms with Crippen molar-refractivity contribution in [2.24, 2.45) is 5.73 Å². The summed E-state index contributed by atoms with van der Waals surface area (Å²) < 4.78 is 2.07. The van der Waals surface area contributed by atoms with Crippen LogP contribution in [0.5, 0.6) is 0 Å². The number of aromatic nitrogens is 4. The summed E-state index contributed by atoms with van der Waals surface area (Å²) in [4.78, 5) is 4.74. The number of unbranched alkanes of at least 4 members (excludes halogenated alkanes) is 1. The molecular weight excluding hydrogens is 312 g/mol. The Kier molecular flexibility index (Phi) is 4.26. The van der Waals surface area contributed by atoms with Crippen molar-refractivity contribution in [3.05, 3.63) is 54.6 Å². The topological polar surface area (TPSA) is 81.1 Å². The van der Waals surface area contributed by atoms with Crippen LogP contribution in [0.4, 0.5) is 5.82 Å². The van der Waals surface area contributed by atoms with Gasteiger partial charge >= 0.3 is 0 Å². The van der Waals surface area contributed by atoms with E-state index in [4.69, 9.17) is 10.7 Å². The second-order valence-electron chi connectivity index (χ2n) is 5.92. The van der Waals surface area contributed by atoms with Crippen LogP contribution in [0.15, 0.2) is 54.6 Å². The molecule has 0 bridgehead atoms. The van der Waals surface area contributed by atoms with Crippen LogP contribution in [0, 0.1) is 0 Å². The van der Waals surface area contributed by atoms with Crippen molar-refractivity contribution in [3.8, 4) is 11.4 Å². The highest BCUT2D eigenvalue weighted by molar-refractivity contribution is 5.85. The third-order valence-electron chi connectivity index (χ3n) is 4.19. The van der Waals surface area contributed by atoms with Crippen LogP contribution in [0.1, 0.15) is 12.8 Å². The molecule has 0 saturated heterocycles. The van der Waals surface area contributed by atoms with Crippen LogP contribution in [-0.4, -0.2) is 32.7 Å². The fourth-order valence-electron chi connectivity index (χ4n) is 2.95. The van der Waals surface area contributed by atoms with Gasteiger partial charge in [-0.05, 0) is 31.5 Å². The van der Waals surface area contributed by atoms with E-state index in [1.54, 1.807) is 0 Å². The van der Waals surface area contributed by atoms with Crippen LogP contribution in [0.2, 0.25) is 0 Å². The minimum atomic E-state index is 0.700. The Hall–Kier alpha value is -2.99. The number of hydrogen-bond donors (Lipinski definition) is 2. The molecule has 0 fully saturated rings. The zero-order valence-corrected chi connectivity index (χ0v) is 13.9. The average Bonchev–Trinajstić information content (AvgIpc) is 3.11. The van der Waals surface area contributed by atoms with Crippen molar-refractivity contribution < 1.29 is 0 Å². The fourth-order valence-corrected chi connectivity index (χ4v) is 2.95. The fraction of sp³-hybridized carbons (Fsp3) is 0.211. The Morgan fingerprint density at radius 1 is 0.920 bits per heavy atom. The Bertz CT molecular complexity index is 993. The van der Waals surface area contributed by atoms with Crippen LogP contribution in [0.25, 0.3) is 28.1 Å². The Labute approximate surface area is 145 Å². The van der Waals surface area contributed by atoms with Crippen LogP contribution in [0.3, 0.4) is 0 Å².